The van der Waals surface area contributed by atoms with Crippen LogP contribution in [-0.4, -0.2) is 23.9 Å². The number of nitrogens with one attached hydrogen (secondary N) is 1. The molecule has 0 aliphatic carbocycles. The number of hydrazone groups is 1. The van der Waals surface area contributed by atoms with Crippen molar-refractivity contribution in [2.75, 3.05) is 13.1 Å². The van der Waals surface area contributed by atoms with E-state index < -0.39 is 0 Å². The second kappa shape index (κ2) is 12.3. The molecule has 0 saturated carbocycles. The second-order valence-electron chi connectivity index (χ2n) is 9.23. The molecule has 4 rings (SSSR count). The molecule has 0 aromatic heterocycles. The Morgan fingerprint density at radius 2 is 1.43 bits per heavy atom. The molecule has 184 valence electrons. The van der Waals surface area contributed by atoms with E-state index in [0.717, 1.165) is 53.9 Å². The fraction of sp³-hybridized carbons (Fsp3) is 0.345. The zero-order valence-corrected chi connectivity index (χ0v) is 20.7. The smallest absolute Gasteiger partial charge is 0.171 e. The van der Waals surface area contributed by atoms with Crippen molar-refractivity contribution in [2.24, 2.45) is 10.9 Å². The van der Waals surface area contributed by atoms with Crippen molar-refractivity contribution in [2.45, 2.75) is 52.2 Å². The minimum Gasteiger partial charge on any atom is -0.488 e. The highest BCUT2D eigenvalue weighted by Crippen LogP contribution is 2.35. The number of rotatable bonds is 9. The lowest BCUT2D eigenvalue weighted by atomic mass is 9.98. The fourth-order valence-electron chi connectivity index (χ4n) is 4.24. The van der Waals surface area contributed by atoms with Crippen molar-refractivity contribution in [1.82, 2.24) is 10.4 Å². The average Bonchev–Trinajstić information content (AvgIpc) is 2.91. The summed E-state index contributed by atoms with van der Waals surface area (Å²) in [6.07, 6.45) is 3.57. The lowest BCUT2D eigenvalue weighted by Crippen LogP contribution is -2.45. The number of nitrogens with zero attached hydrogens (tertiary/aromatic N) is 2. The predicted molar refractivity (Wildman–Crippen MR) is 141 cm³/mol. The first kappa shape index (κ1) is 24.6. The maximum Gasteiger partial charge on any atom is 0.171 e. The van der Waals surface area contributed by atoms with Gasteiger partial charge in [0.05, 0.1) is 5.56 Å². The number of hydrogen-bond acceptors (Lipinski definition) is 5. The van der Waals surface area contributed by atoms with Crippen LogP contribution >= 0.6 is 0 Å². The first-order chi connectivity index (χ1) is 17.1. The van der Waals surface area contributed by atoms with Gasteiger partial charge < -0.3 is 20.7 Å². The molecule has 3 aromatic carbocycles. The Bertz CT molecular complexity index is 1090. The SMILES string of the molecule is CC(C)c1cc(C(=NN)NN2CCCCC2)c(OCc2ccccc2)cc1OCc1ccccc1. The molecule has 1 aliphatic rings. The highest BCUT2D eigenvalue weighted by atomic mass is 16.5. The predicted octanol–water partition coefficient (Wildman–Crippen LogP) is 5.58. The van der Waals surface area contributed by atoms with Gasteiger partial charge in [0, 0.05) is 19.2 Å². The summed E-state index contributed by atoms with van der Waals surface area (Å²) in [5, 5.41) is 6.32. The molecule has 3 N–H and O–H groups in total. The van der Waals surface area contributed by atoms with Gasteiger partial charge in [-0.1, -0.05) is 80.9 Å². The van der Waals surface area contributed by atoms with Gasteiger partial charge in [0.1, 0.15) is 24.7 Å². The van der Waals surface area contributed by atoms with E-state index >= 15 is 0 Å². The van der Waals surface area contributed by atoms with Crippen LogP contribution in [0.3, 0.4) is 0 Å². The number of benzene rings is 3. The lowest BCUT2D eigenvalue weighted by Gasteiger charge is -2.29. The summed E-state index contributed by atoms with van der Waals surface area (Å²) < 4.78 is 12.7. The highest BCUT2D eigenvalue weighted by Gasteiger charge is 2.21. The Kier molecular flexibility index (Phi) is 8.63. The van der Waals surface area contributed by atoms with E-state index in [2.05, 4.69) is 59.7 Å². The van der Waals surface area contributed by atoms with Gasteiger partial charge in [-0.15, -0.1) is 0 Å². The van der Waals surface area contributed by atoms with E-state index in [0.29, 0.717) is 24.8 Å². The molecule has 6 nitrogen and oxygen atoms in total. The second-order valence-corrected chi connectivity index (χ2v) is 9.23. The fourth-order valence-corrected chi connectivity index (χ4v) is 4.24. The van der Waals surface area contributed by atoms with Crippen LogP contribution in [0.1, 0.15) is 61.3 Å². The van der Waals surface area contributed by atoms with Gasteiger partial charge in [-0.25, -0.2) is 5.01 Å². The monoisotopic (exact) mass is 472 g/mol. The summed E-state index contributed by atoms with van der Waals surface area (Å²) in [5.41, 5.74) is 7.58. The van der Waals surface area contributed by atoms with Gasteiger partial charge in [-0.05, 0) is 41.5 Å². The van der Waals surface area contributed by atoms with Crippen LogP contribution < -0.4 is 20.7 Å². The third-order valence-corrected chi connectivity index (χ3v) is 6.21. The van der Waals surface area contributed by atoms with Crippen molar-refractivity contribution in [3.05, 3.63) is 95.1 Å². The molecule has 35 heavy (non-hydrogen) atoms. The van der Waals surface area contributed by atoms with Crippen LogP contribution in [0.2, 0.25) is 0 Å². The van der Waals surface area contributed by atoms with Gasteiger partial charge in [-0.2, -0.15) is 5.10 Å². The van der Waals surface area contributed by atoms with Crippen LogP contribution in [-0.2, 0) is 13.2 Å². The molecule has 1 fully saturated rings. The standard InChI is InChI=1S/C29H36N4O2/c1-22(2)25-18-26(29(31-30)32-33-16-10-5-11-17-33)28(35-21-24-14-8-4-9-15-24)19-27(25)34-20-23-12-6-3-7-13-23/h3-4,6-9,12-15,18-19,22H,5,10-11,16-17,20-21,30H2,1-2H3,(H,31,32). The third-order valence-electron chi connectivity index (χ3n) is 6.21. The van der Waals surface area contributed by atoms with Gasteiger partial charge in [0.2, 0.25) is 0 Å². The van der Waals surface area contributed by atoms with Crippen molar-refractivity contribution in [3.8, 4) is 11.5 Å². The number of ether oxygens (including phenoxy) is 2. The van der Waals surface area contributed by atoms with E-state index in [1.165, 1.54) is 6.42 Å². The lowest BCUT2D eigenvalue weighted by molar-refractivity contribution is 0.194. The number of amidine groups is 1. The maximum absolute atomic E-state index is 6.35. The molecule has 0 amide bonds. The van der Waals surface area contributed by atoms with Crippen molar-refractivity contribution in [3.63, 3.8) is 0 Å². The van der Waals surface area contributed by atoms with E-state index in [1.807, 2.05) is 42.5 Å². The first-order valence-corrected chi connectivity index (χ1v) is 12.5. The largest absolute Gasteiger partial charge is 0.488 e. The first-order valence-electron chi connectivity index (χ1n) is 12.5. The molecular weight excluding hydrogens is 436 g/mol. The zero-order valence-electron chi connectivity index (χ0n) is 20.7. The third kappa shape index (κ3) is 6.76. The Balaban J connectivity index is 1.66. The normalized spacial score (nSPS) is 14.7. The number of nitrogens with two attached hydrogens (primary N) is 1. The van der Waals surface area contributed by atoms with Crippen LogP contribution in [0.5, 0.6) is 11.5 Å². The van der Waals surface area contributed by atoms with E-state index in [9.17, 15) is 0 Å². The molecule has 0 bridgehead atoms. The molecule has 0 atom stereocenters. The van der Waals surface area contributed by atoms with Crippen molar-refractivity contribution >= 4 is 5.84 Å². The minimum atomic E-state index is 0.247. The maximum atomic E-state index is 6.35. The number of hydrogen-bond donors (Lipinski definition) is 2. The molecular formula is C29H36N4O2. The number of hydrazine groups is 1. The molecule has 1 aliphatic heterocycles. The topological polar surface area (TPSA) is 72.1 Å². The molecule has 0 spiro atoms. The van der Waals surface area contributed by atoms with E-state index in [-0.39, 0.29) is 5.92 Å². The quantitative estimate of drug-likeness (QED) is 0.184. The van der Waals surface area contributed by atoms with Crippen LogP contribution in [0.4, 0.5) is 0 Å². The minimum absolute atomic E-state index is 0.247. The summed E-state index contributed by atoms with van der Waals surface area (Å²) in [5.74, 6) is 8.26. The average molecular weight is 473 g/mol. The molecule has 1 heterocycles. The van der Waals surface area contributed by atoms with Crippen LogP contribution in [0.15, 0.2) is 77.9 Å². The van der Waals surface area contributed by atoms with Crippen LogP contribution in [0, 0.1) is 0 Å². The Hall–Kier alpha value is -3.51. The summed E-state index contributed by atoms with van der Waals surface area (Å²) in [6.45, 7) is 7.19. The van der Waals surface area contributed by atoms with E-state index in [4.69, 9.17) is 15.3 Å². The molecule has 0 radical (unpaired) electrons. The van der Waals surface area contributed by atoms with Crippen molar-refractivity contribution in [1.29, 1.82) is 0 Å². The molecule has 1 saturated heterocycles. The van der Waals surface area contributed by atoms with Gasteiger partial charge >= 0.3 is 0 Å². The summed E-state index contributed by atoms with van der Waals surface area (Å²) in [6, 6.07) is 24.4. The zero-order chi connectivity index (χ0) is 24.5. The molecule has 0 unspecified atom stereocenters. The van der Waals surface area contributed by atoms with E-state index in [1.54, 1.807) is 0 Å². The molecule has 6 heteroatoms. The molecule has 3 aromatic rings. The summed E-state index contributed by atoms with van der Waals surface area (Å²) in [7, 11) is 0. The van der Waals surface area contributed by atoms with Gasteiger partial charge in [-0.3, -0.25) is 0 Å². The Morgan fingerprint density at radius 1 is 0.857 bits per heavy atom. The summed E-state index contributed by atoms with van der Waals surface area (Å²) in [4.78, 5) is 0. The Labute approximate surface area is 208 Å². The van der Waals surface area contributed by atoms with Gasteiger partial charge in [0.25, 0.3) is 0 Å². The highest BCUT2D eigenvalue weighted by molar-refractivity contribution is 6.01. The van der Waals surface area contributed by atoms with Crippen LogP contribution in [0.25, 0.3) is 0 Å². The summed E-state index contributed by atoms with van der Waals surface area (Å²) >= 11 is 0. The Morgan fingerprint density at radius 3 is 1.97 bits per heavy atom. The number of piperidine rings is 1. The van der Waals surface area contributed by atoms with Gasteiger partial charge in [0.15, 0.2) is 5.84 Å². The van der Waals surface area contributed by atoms with Crippen molar-refractivity contribution < 1.29 is 9.47 Å².